The van der Waals surface area contributed by atoms with Crippen molar-refractivity contribution in [2.75, 3.05) is 16.8 Å². The number of nitrogen functional groups attached to an aromatic ring is 2. The number of amides is 1. The molecule has 0 aliphatic rings. The normalized spacial score (nSPS) is 10.2. The summed E-state index contributed by atoms with van der Waals surface area (Å²) < 4.78 is 0.708. The van der Waals surface area contributed by atoms with Crippen LogP contribution >= 0.6 is 27.5 Å². The summed E-state index contributed by atoms with van der Waals surface area (Å²) in [5.41, 5.74) is 12.9. The first-order valence-corrected chi connectivity index (χ1v) is 6.41. The Morgan fingerprint density at radius 1 is 1.21 bits per heavy atom. The third-order valence-electron chi connectivity index (χ3n) is 2.29. The van der Waals surface area contributed by atoms with Crippen LogP contribution in [0.1, 0.15) is 10.4 Å². The van der Waals surface area contributed by atoms with Gasteiger partial charge < -0.3 is 16.8 Å². The summed E-state index contributed by atoms with van der Waals surface area (Å²) in [4.78, 5) is 16.0. The van der Waals surface area contributed by atoms with Crippen LogP contribution in [0.2, 0.25) is 5.15 Å². The standard InChI is InChI=1S/C12H10BrClN4O/c13-7-3-10(11(14)17-5-7)18-12(19)6-1-8(15)4-9(16)2-6/h1-5H,15-16H2,(H,18,19). The molecule has 1 amide bonds. The van der Waals surface area contributed by atoms with Gasteiger partial charge >= 0.3 is 0 Å². The Kier molecular flexibility index (Phi) is 3.92. The molecule has 0 aliphatic heterocycles. The van der Waals surface area contributed by atoms with Gasteiger partial charge in [-0.15, -0.1) is 0 Å². The second-order valence-electron chi connectivity index (χ2n) is 3.83. The van der Waals surface area contributed by atoms with Gasteiger partial charge in [0.15, 0.2) is 5.15 Å². The van der Waals surface area contributed by atoms with Gasteiger partial charge in [-0.1, -0.05) is 11.6 Å². The van der Waals surface area contributed by atoms with Gasteiger partial charge in [0.05, 0.1) is 5.69 Å². The smallest absolute Gasteiger partial charge is 0.255 e. The van der Waals surface area contributed by atoms with Crippen molar-refractivity contribution in [1.82, 2.24) is 4.98 Å². The zero-order valence-corrected chi connectivity index (χ0v) is 12.0. The van der Waals surface area contributed by atoms with Crippen LogP contribution in [-0.4, -0.2) is 10.9 Å². The number of hydrogen-bond acceptors (Lipinski definition) is 4. The molecule has 0 unspecified atom stereocenters. The third kappa shape index (κ3) is 3.36. The van der Waals surface area contributed by atoms with Gasteiger partial charge in [0.2, 0.25) is 0 Å². The first-order chi connectivity index (χ1) is 8.95. The highest BCUT2D eigenvalue weighted by Crippen LogP contribution is 2.24. The van der Waals surface area contributed by atoms with Crippen LogP contribution in [0.5, 0.6) is 0 Å². The molecule has 0 aliphatic carbocycles. The van der Waals surface area contributed by atoms with Crippen molar-refractivity contribution < 1.29 is 4.79 Å². The number of carbonyl (C=O) groups excluding carboxylic acids is 1. The molecule has 1 aromatic heterocycles. The Labute approximate surface area is 123 Å². The molecule has 1 aromatic carbocycles. The Morgan fingerprint density at radius 2 is 1.84 bits per heavy atom. The van der Waals surface area contributed by atoms with E-state index >= 15 is 0 Å². The lowest BCUT2D eigenvalue weighted by atomic mass is 10.1. The van der Waals surface area contributed by atoms with Crippen molar-refractivity contribution in [3.05, 3.63) is 45.7 Å². The van der Waals surface area contributed by atoms with E-state index in [0.29, 0.717) is 27.1 Å². The number of benzene rings is 1. The molecule has 0 fully saturated rings. The van der Waals surface area contributed by atoms with E-state index in [2.05, 4.69) is 26.2 Å². The van der Waals surface area contributed by atoms with Crippen LogP contribution in [0, 0.1) is 0 Å². The van der Waals surface area contributed by atoms with Crippen LogP contribution in [0.15, 0.2) is 34.9 Å². The monoisotopic (exact) mass is 340 g/mol. The Balaban J connectivity index is 2.28. The fraction of sp³-hybridized carbons (Fsp3) is 0. The molecule has 0 atom stereocenters. The number of nitrogens with two attached hydrogens (primary N) is 2. The summed E-state index contributed by atoms with van der Waals surface area (Å²) in [6.07, 6.45) is 1.54. The first-order valence-electron chi connectivity index (χ1n) is 5.24. The van der Waals surface area contributed by atoms with Crippen molar-refractivity contribution in [3.8, 4) is 0 Å². The van der Waals surface area contributed by atoms with Crippen molar-refractivity contribution >= 4 is 50.5 Å². The Hall–Kier alpha value is -1.79. The van der Waals surface area contributed by atoms with E-state index in [0.717, 1.165) is 0 Å². The molecule has 2 rings (SSSR count). The van der Waals surface area contributed by atoms with Gasteiger partial charge in [0.1, 0.15) is 0 Å². The Morgan fingerprint density at radius 3 is 2.47 bits per heavy atom. The highest BCUT2D eigenvalue weighted by Gasteiger charge is 2.10. The molecule has 1 heterocycles. The molecular weight excluding hydrogens is 332 g/mol. The zero-order valence-electron chi connectivity index (χ0n) is 9.65. The summed E-state index contributed by atoms with van der Waals surface area (Å²) in [6.45, 7) is 0. The molecule has 7 heteroatoms. The summed E-state index contributed by atoms with van der Waals surface area (Å²) in [5, 5.41) is 2.85. The van der Waals surface area contributed by atoms with Gasteiger partial charge in [-0.2, -0.15) is 0 Å². The number of halogens is 2. The van der Waals surface area contributed by atoms with Crippen LogP contribution < -0.4 is 16.8 Å². The van der Waals surface area contributed by atoms with Gasteiger partial charge in [-0.05, 0) is 40.2 Å². The molecule has 5 nitrogen and oxygen atoms in total. The maximum Gasteiger partial charge on any atom is 0.255 e. The molecule has 19 heavy (non-hydrogen) atoms. The molecule has 0 saturated carbocycles. The predicted octanol–water partition coefficient (Wildman–Crippen LogP) is 2.91. The van der Waals surface area contributed by atoms with Crippen molar-refractivity contribution in [3.63, 3.8) is 0 Å². The number of carbonyl (C=O) groups is 1. The van der Waals surface area contributed by atoms with E-state index in [1.54, 1.807) is 12.1 Å². The maximum absolute atomic E-state index is 12.1. The molecular formula is C12H10BrClN4O. The van der Waals surface area contributed by atoms with Gasteiger partial charge in [0, 0.05) is 27.6 Å². The molecule has 5 N–H and O–H groups in total. The number of anilines is 3. The van der Waals surface area contributed by atoms with E-state index in [9.17, 15) is 4.79 Å². The minimum Gasteiger partial charge on any atom is -0.399 e. The molecule has 2 aromatic rings. The summed E-state index contributed by atoms with van der Waals surface area (Å²) >= 11 is 9.15. The average molecular weight is 342 g/mol. The number of nitrogens with zero attached hydrogens (tertiary/aromatic N) is 1. The van der Waals surface area contributed by atoms with Crippen LogP contribution in [0.4, 0.5) is 17.1 Å². The van der Waals surface area contributed by atoms with Gasteiger partial charge in [0.25, 0.3) is 5.91 Å². The topological polar surface area (TPSA) is 94.0 Å². The molecule has 0 radical (unpaired) electrons. The van der Waals surface area contributed by atoms with Crippen LogP contribution in [0.3, 0.4) is 0 Å². The van der Waals surface area contributed by atoms with Gasteiger partial charge in [-0.3, -0.25) is 4.79 Å². The molecule has 0 bridgehead atoms. The Bertz CT molecular complexity index is 627. The highest BCUT2D eigenvalue weighted by atomic mass is 79.9. The van der Waals surface area contributed by atoms with Crippen LogP contribution in [-0.2, 0) is 0 Å². The van der Waals surface area contributed by atoms with E-state index in [-0.39, 0.29) is 11.1 Å². The predicted molar refractivity (Wildman–Crippen MR) is 80.2 cm³/mol. The largest absolute Gasteiger partial charge is 0.399 e. The molecule has 0 saturated heterocycles. The summed E-state index contributed by atoms with van der Waals surface area (Å²) in [5.74, 6) is -0.360. The first kappa shape index (κ1) is 13.6. The number of nitrogens with one attached hydrogen (secondary N) is 1. The fourth-order valence-electron chi connectivity index (χ4n) is 1.51. The van der Waals surface area contributed by atoms with E-state index in [4.69, 9.17) is 23.1 Å². The summed E-state index contributed by atoms with van der Waals surface area (Å²) in [7, 11) is 0. The average Bonchev–Trinajstić information content (AvgIpc) is 2.32. The lowest BCUT2D eigenvalue weighted by Gasteiger charge is -2.08. The number of rotatable bonds is 2. The van der Waals surface area contributed by atoms with Crippen molar-refractivity contribution in [1.29, 1.82) is 0 Å². The quantitative estimate of drug-likeness (QED) is 0.578. The second-order valence-corrected chi connectivity index (χ2v) is 5.11. The maximum atomic E-state index is 12.1. The fourth-order valence-corrected chi connectivity index (χ4v) is 1.99. The van der Waals surface area contributed by atoms with Crippen LogP contribution in [0.25, 0.3) is 0 Å². The number of pyridine rings is 1. The summed E-state index contributed by atoms with van der Waals surface area (Å²) in [6, 6.07) is 6.29. The van der Waals surface area contributed by atoms with E-state index in [1.165, 1.54) is 18.3 Å². The lowest BCUT2D eigenvalue weighted by molar-refractivity contribution is 0.102. The van der Waals surface area contributed by atoms with E-state index < -0.39 is 0 Å². The SMILES string of the molecule is Nc1cc(N)cc(C(=O)Nc2cc(Br)cnc2Cl)c1. The zero-order chi connectivity index (χ0) is 14.0. The third-order valence-corrected chi connectivity index (χ3v) is 3.03. The van der Waals surface area contributed by atoms with Crippen molar-refractivity contribution in [2.24, 2.45) is 0 Å². The molecule has 98 valence electrons. The highest BCUT2D eigenvalue weighted by molar-refractivity contribution is 9.10. The van der Waals surface area contributed by atoms with Crippen molar-refractivity contribution in [2.45, 2.75) is 0 Å². The minimum absolute atomic E-state index is 0.202. The minimum atomic E-state index is -0.360. The number of aromatic nitrogens is 1. The molecule has 0 spiro atoms. The number of hydrogen-bond donors (Lipinski definition) is 3. The second kappa shape index (κ2) is 5.46. The lowest BCUT2D eigenvalue weighted by Crippen LogP contribution is -2.13. The van der Waals surface area contributed by atoms with Gasteiger partial charge in [-0.25, -0.2) is 4.98 Å². The van der Waals surface area contributed by atoms with E-state index in [1.807, 2.05) is 0 Å².